The molecule has 0 radical (unpaired) electrons. The first kappa shape index (κ1) is 13.7. The highest BCUT2D eigenvalue weighted by atomic mass is 35.5. The van der Waals surface area contributed by atoms with Crippen molar-refractivity contribution in [2.24, 2.45) is 0 Å². The first-order valence-electron chi connectivity index (χ1n) is 5.90. The van der Waals surface area contributed by atoms with E-state index in [1.54, 1.807) is 0 Å². The summed E-state index contributed by atoms with van der Waals surface area (Å²) in [6.07, 6.45) is 4.00. The van der Waals surface area contributed by atoms with Crippen LogP contribution in [0.3, 0.4) is 0 Å². The van der Waals surface area contributed by atoms with Gasteiger partial charge in [-0.15, -0.1) is 0 Å². The molecule has 0 aliphatic carbocycles. The quantitative estimate of drug-likeness (QED) is 0.679. The highest BCUT2D eigenvalue weighted by Crippen LogP contribution is 2.20. The summed E-state index contributed by atoms with van der Waals surface area (Å²) in [7, 11) is 0. The second-order valence-electron chi connectivity index (χ2n) is 3.73. The summed E-state index contributed by atoms with van der Waals surface area (Å²) in [4.78, 5) is 0. The van der Waals surface area contributed by atoms with E-state index < -0.39 is 0 Å². The molecule has 0 aliphatic rings. The smallest absolute Gasteiger partial charge is 0.0637 e. The molecule has 0 fully saturated rings. The largest absolute Gasteiger partial charge is 0.383 e. The minimum absolute atomic E-state index is 0.804. The summed E-state index contributed by atoms with van der Waals surface area (Å²) in [6, 6.07) is 7.89. The lowest BCUT2D eigenvalue weighted by Gasteiger charge is -2.07. The second-order valence-corrected chi connectivity index (χ2v) is 5.36. The molecule has 3 heteroatoms. The number of nitrogens with one attached hydrogen (secondary N) is 1. The Kier molecular flexibility index (Phi) is 7.52. The molecule has 0 aliphatic heterocycles. The normalized spacial score (nSPS) is 10.4. The Bertz CT molecular complexity index is 291. The van der Waals surface area contributed by atoms with Crippen LogP contribution < -0.4 is 5.32 Å². The van der Waals surface area contributed by atoms with Crippen LogP contribution in [0.5, 0.6) is 0 Å². The van der Waals surface area contributed by atoms with E-state index in [0.29, 0.717) is 0 Å². The number of benzene rings is 1. The van der Waals surface area contributed by atoms with Crippen LogP contribution in [0.2, 0.25) is 5.02 Å². The highest BCUT2D eigenvalue weighted by Gasteiger charge is 1.96. The minimum Gasteiger partial charge on any atom is -0.383 e. The van der Waals surface area contributed by atoms with E-state index >= 15 is 0 Å². The predicted octanol–water partition coefficient (Wildman–Crippen LogP) is 4.68. The Morgan fingerprint density at radius 1 is 1.19 bits per heavy atom. The number of thioether (sulfide) groups is 1. The van der Waals surface area contributed by atoms with Crippen molar-refractivity contribution < 1.29 is 0 Å². The standard InChI is InChI=1S/C13H20ClNS/c1-2-3-6-10-16-11-9-15-13-8-5-4-7-12(13)14/h4-5,7-8,15H,2-3,6,9-11H2,1H3. The molecule has 0 amide bonds. The topological polar surface area (TPSA) is 12.0 Å². The minimum atomic E-state index is 0.804. The van der Waals surface area contributed by atoms with E-state index in [1.807, 2.05) is 36.0 Å². The number of anilines is 1. The first-order valence-corrected chi connectivity index (χ1v) is 7.44. The van der Waals surface area contributed by atoms with Crippen LogP contribution in [0.25, 0.3) is 0 Å². The molecule has 0 spiro atoms. The molecule has 1 aromatic carbocycles. The number of hydrogen-bond donors (Lipinski definition) is 1. The Balaban J connectivity index is 2.05. The zero-order valence-corrected chi connectivity index (χ0v) is 11.4. The van der Waals surface area contributed by atoms with E-state index in [9.17, 15) is 0 Å². The Hall–Kier alpha value is -0.340. The fraction of sp³-hybridized carbons (Fsp3) is 0.538. The van der Waals surface area contributed by atoms with Crippen molar-refractivity contribution in [2.75, 3.05) is 23.4 Å². The third kappa shape index (κ3) is 5.66. The SMILES string of the molecule is CCCCCSCCNc1ccccc1Cl. The van der Waals surface area contributed by atoms with Crippen molar-refractivity contribution >= 4 is 29.1 Å². The van der Waals surface area contributed by atoms with Gasteiger partial charge in [-0.25, -0.2) is 0 Å². The van der Waals surface area contributed by atoms with Gasteiger partial charge in [-0.3, -0.25) is 0 Å². The molecule has 0 heterocycles. The molecule has 0 saturated heterocycles. The van der Waals surface area contributed by atoms with Crippen molar-refractivity contribution in [1.82, 2.24) is 0 Å². The molecule has 0 aromatic heterocycles. The number of halogens is 1. The molecule has 0 atom stereocenters. The summed E-state index contributed by atoms with van der Waals surface area (Å²) < 4.78 is 0. The molecular formula is C13H20ClNS. The van der Waals surface area contributed by atoms with E-state index in [4.69, 9.17) is 11.6 Å². The van der Waals surface area contributed by atoms with Crippen molar-refractivity contribution in [1.29, 1.82) is 0 Å². The summed E-state index contributed by atoms with van der Waals surface area (Å²) in [5, 5.41) is 4.16. The van der Waals surface area contributed by atoms with Crippen molar-refractivity contribution in [3.8, 4) is 0 Å². The average molecular weight is 258 g/mol. The fourth-order valence-corrected chi connectivity index (χ4v) is 2.48. The number of unbranched alkanes of at least 4 members (excludes halogenated alkanes) is 2. The summed E-state index contributed by atoms with van der Waals surface area (Å²) in [5.74, 6) is 2.42. The first-order chi connectivity index (χ1) is 7.84. The van der Waals surface area contributed by atoms with Gasteiger partial charge in [-0.2, -0.15) is 11.8 Å². The fourth-order valence-electron chi connectivity index (χ4n) is 1.42. The van der Waals surface area contributed by atoms with Crippen LogP contribution in [0, 0.1) is 0 Å². The van der Waals surface area contributed by atoms with Gasteiger partial charge in [-0.05, 0) is 24.3 Å². The van der Waals surface area contributed by atoms with Crippen LogP contribution in [-0.4, -0.2) is 18.1 Å². The highest BCUT2D eigenvalue weighted by molar-refractivity contribution is 7.99. The van der Waals surface area contributed by atoms with Crippen LogP contribution in [0.1, 0.15) is 26.2 Å². The lowest BCUT2D eigenvalue weighted by molar-refractivity contribution is 0.778. The molecular weight excluding hydrogens is 238 g/mol. The lowest BCUT2D eigenvalue weighted by Crippen LogP contribution is -2.04. The summed E-state index contributed by atoms with van der Waals surface area (Å²) in [5.41, 5.74) is 1.04. The number of hydrogen-bond acceptors (Lipinski definition) is 2. The monoisotopic (exact) mass is 257 g/mol. The maximum atomic E-state index is 6.04. The zero-order chi connectivity index (χ0) is 11.6. The van der Waals surface area contributed by atoms with E-state index in [-0.39, 0.29) is 0 Å². The van der Waals surface area contributed by atoms with Gasteiger partial charge in [-0.1, -0.05) is 43.5 Å². The number of para-hydroxylation sites is 1. The van der Waals surface area contributed by atoms with Crippen LogP contribution >= 0.6 is 23.4 Å². The molecule has 90 valence electrons. The predicted molar refractivity (Wildman–Crippen MR) is 76.8 cm³/mol. The summed E-state index contributed by atoms with van der Waals surface area (Å²) in [6.45, 7) is 3.23. The molecule has 0 bridgehead atoms. The zero-order valence-electron chi connectivity index (χ0n) is 9.84. The Morgan fingerprint density at radius 2 is 2.00 bits per heavy atom. The number of rotatable bonds is 8. The van der Waals surface area contributed by atoms with E-state index in [1.165, 1.54) is 25.0 Å². The molecule has 0 saturated carbocycles. The van der Waals surface area contributed by atoms with Crippen LogP contribution in [-0.2, 0) is 0 Å². The second kappa shape index (κ2) is 8.77. The van der Waals surface area contributed by atoms with Gasteiger partial charge in [0.1, 0.15) is 0 Å². The van der Waals surface area contributed by atoms with Crippen molar-refractivity contribution in [3.05, 3.63) is 29.3 Å². The Labute approximate surface area is 108 Å². The van der Waals surface area contributed by atoms with Gasteiger partial charge in [0.2, 0.25) is 0 Å². The average Bonchev–Trinajstić information content (AvgIpc) is 2.30. The van der Waals surface area contributed by atoms with Crippen molar-refractivity contribution in [3.63, 3.8) is 0 Å². The molecule has 1 nitrogen and oxygen atoms in total. The van der Waals surface area contributed by atoms with Gasteiger partial charge in [0.15, 0.2) is 0 Å². The summed E-state index contributed by atoms with van der Waals surface area (Å²) >= 11 is 8.05. The van der Waals surface area contributed by atoms with Crippen molar-refractivity contribution in [2.45, 2.75) is 26.2 Å². The van der Waals surface area contributed by atoms with E-state index in [0.717, 1.165) is 23.0 Å². The third-order valence-electron chi connectivity index (χ3n) is 2.33. The van der Waals surface area contributed by atoms with Gasteiger partial charge < -0.3 is 5.32 Å². The lowest BCUT2D eigenvalue weighted by atomic mass is 10.3. The molecule has 1 aromatic rings. The van der Waals surface area contributed by atoms with Crippen LogP contribution in [0.4, 0.5) is 5.69 Å². The Morgan fingerprint density at radius 3 is 2.75 bits per heavy atom. The maximum Gasteiger partial charge on any atom is 0.0637 e. The maximum absolute atomic E-state index is 6.04. The van der Waals surface area contributed by atoms with Crippen LogP contribution in [0.15, 0.2) is 24.3 Å². The molecule has 0 unspecified atom stereocenters. The van der Waals surface area contributed by atoms with Gasteiger partial charge in [0.25, 0.3) is 0 Å². The molecule has 1 N–H and O–H groups in total. The molecule has 1 rings (SSSR count). The van der Waals surface area contributed by atoms with E-state index in [2.05, 4.69) is 12.2 Å². The van der Waals surface area contributed by atoms with Gasteiger partial charge >= 0.3 is 0 Å². The van der Waals surface area contributed by atoms with Gasteiger partial charge in [0.05, 0.1) is 10.7 Å². The third-order valence-corrected chi connectivity index (χ3v) is 3.73. The van der Waals surface area contributed by atoms with Gasteiger partial charge in [0, 0.05) is 12.3 Å². The molecule has 16 heavy (non-hydrogen) atoms.